The highest BCUT2D eigenvalue weighted by Gasteiger charge is 2.17. The van der Waals surface area contributed by atoms with Crippen LogP contribution < -0.4 is 4.90 Å². The lowest BCUT2D eigenvalue weighted by Crippen LogP contribution is -2.32. The van der Waals surface area contributed by atoms with Gasteiger partial charge >= 0.3 is 5.97 Å². The van der Waals surface area contributed by atoms with E-state index in [-0.39, 0.29) is 0 Å². The molecule has 0 saturated carbocycles. The molecule has 0 unspecified atom stereocenters. The van der Waals surface area contributed by atoms with E-state index in [1.165, 1.54) is 0 Å². The summed E-state index contributed by atoms with van der Waals surface area (Å²) in [7, 11) is 3.26. The number of hydrogen-bond donors (Lipinski definition) is 1. The van der Waals surface area contributed by atoms with Crippen LogP contribution in [-0.2, 0) is 9.47 Å². The van der Waals surface area contributed by atoms with Crippen LogP contribution in [0.5, 0.6) is 0 Å². The predicted molar refractivity (Wildman–Crippen MR) is 74.1 cm³/mol. The van der Waals surface area contributed by atoms with Crippen LogP contribution in [-0.4, -0.2) is 51.6 Å². The number of carbonyl (C=O) groups is 1. The molecule has 5 nitrogen and oxygen atoms in total. The molecule has 0 aromatic heterocycles. The molecule has 0 fully saturated rings. The smallest absolute Gasteiger partial charge is 0.337 e. The van der Waals surface area contributed by atoms with Gasteiger partial charge in [0.25, 0.3) is 0 Å². The first-order chi connectivity index (χ1) is 9.11. The van der Waals surface area contributed by atoms with Gasteiger partial charge in [0.1, 0.15) is 0 Å². The lowest BCUT2D eigenvalue weighted by Gasteiger charge is -2.27. The molecule has 0 aliphatic heterocycles. The molecule has 0 heterocycles. The van der Waals surface area contributed by atoms with Crippen LogP contribution in [0.15, 0.2) is 18.2 Å². The van der Waals surface area contributed by atoms with Crippen molar-refractivity contribution in [3.05, 3.63) is 29.3 Å². The molecule has 106 valence electrons. The Kier molecular flexibility index (Phi) is 6.32. The highest BCUT2D eigenvalue weighted by molar-refractivity contribution is 5.95. The van der Waals surface area contributed by atoms with Crippen LogP contribution in [0.25, 0.3) is 0 Å². The third-order valence-corrected chi connectivity index (χ3v) is 2.92. The van der Waals surface area contributed by atoms with Gasteiger partial charge in [0, 0.05) is 27.3 Å². The Morgan fingerprint density at radius 3 is 2.26 bits per heavy atom. The zero-order valence-corrected chi connectivity index (χ0v) is 11.7. The Morgan fingerprint density at radius 2 is 1.79 bits per heavy atom. The Hall–Kier alpha value is -1.59. The fraction of sp³-hybridized carbons (Fsp3) is 0.500. The molecule has 0 bridgehead atoms. The first-order valence-electron chi connectivity index (χ1n) is 6.17. The largest absolute Gasteiger partial charge is 0.478 e. The van der Waals surface area contributed by atoms with Gasteiger partial charge in [0.2, 0.25) is 0 Å². The number of ether oxygens (including phenoxy) is 2. The normalized spacial score (nSPS) is 10.5. The van der Waals surface area contributed by atoms with Crippen molar-refractivity contribution < 1.29 is 19.4 Å². The monoisotopic (exact) mass is 267 g/mol. The number of nitrogens with zero attached hydrogens (tertiary/aromatic N) is 1. The number of carboxylic acid groups (broad SMARTS) is 1. The lowest BCUT2D eigenvalue weighted by molar-refractivity contribution is 0.0697. The summed E-state index contributed by atoms with van der Waals surface area (Å²) in [5.41, 5.74) is 1.99. The summed E-state index contributed by atoms with van der Waals surface area (Å²) >= 11 is 0. The van der Waals surface area contributed by atoms with E-state index in [0.29, 0.717) is 31.9 Å². The number of carboxylic acids is 1. The van der Waals surface area contributed by atoms with Gasteiger partial charge < -0.3 is 19.5 Å². The van der Waals surface area contributed by atoms with Crippen LogP contribution in [0.1, 0.15) is 15.9 Å². The minimum atomic E-state index is -0.918. The molecule has 0 radical (unpaired) electrons. The average Bonchev–Trinajstić information content (AvgIpc) is 2.39. The van der Waals surface area contributed by atoms with Gasteiger partial charge in [-0.2, -0.15) is 0 Å². The van der Waals surface area contributed by atoms with Gasteiger partial charge in [0.05, 0.1) is 24.5 Å². The van der Waals surface area contributed by atoms with Gasteiger partial charge in [-0.15, -0.1) is 0 Å². The standard InChI is InChI=1S/C14H21NO4/c1-11-5-4-6-12(14(16)17)13(11)15(7-9-18-2)8-10-19-3/h4-6H,7-10H2,1-3H3,(H,16,17). The van der Waals surface area contributed by atoms with Crippen molar-refractivity contribution in [2.24, 2.45) is 0 Å². The summed E-state index contributed by atoms with van der Waals surface area (Å²) in [4.78, 5) is 13.3. The second kappa shape index (κ2) is 7.76. The molecule has 5 heteroatoms. The van der Waals surface area contributed by atoms with Crippen LogP contribution >= 0.6 is 0 Å². The third-order valence-electron chi connectivity index (χ3n) is 2.92. The second-order valence-electron chi connectivity index (χ2n) is 4.25. The zero-order chi connectivity index (χ0) is 14.3. The minimum Gasteiger partial charge on any atom is -0.478 e. The maximum atomic E-state index is 11.3. The molecule has 0 amide bonds. The van der Waals surface area contributed by atoms with Crippen LogP contribution in [0.2, 0.25) is 0 Å². The maximum absolute atomic E-state index is 11.3. The number of methoxy groups -OCH3 is 2. The summed E-state index contributed by atoms with van der Waals surface area (Å²) in [6.07, 6.45) is 0. The molecule has 19 heavy (non-hydrogen) atoms. The fourth-order valence-electron chi connectivity index (χ4n) is 1.99. The lowest BCUT2D eigenvalue weighted by atomic mass is 10.1. The van der Waals surface area contributed by atoms with Gasteiger partial charge in [-0.1, -0.05) is 12.1 Å². The summed E-state index contributed by atoms with van der Waals surface area (Å²) in [6, 6.07) is 5.29. The molecule has 0 atom stereocenters. The van der Waals surface area contributed by atoms with E-state index >= 15 is 0 Å². The van der Waals surface area contributed by atoms with E-state index in [4.69, 9.17) is 9.47 Å². The number of rotatable bonds is 8. The van der Waals surface area contributed by atoms with E-state index in [0.717, 1.165) is 11.3 Å². The summed E-state index contributed by atoms with van der Waals surface area (Å²) in [5, 5.41) is 9.30. The highest BCUT2D eigenvalue weighted by Crippen LogP contribution is 2.25. The van der Waals surface area contributed by atoms with Crippen molar-refractivity contribution in [1.82, 2.24) is 0 Å². The van der Waals surface area contributed by atoms with E-state index < -0.39 is 5.97 Å². The van der Waals surface area contributed by atoms with Crippen LogP contribution in [0.4, 0.5) is 5.69 Å². The molecule has 0 aliphatic rings. The number of anilines is 1. The first kappa shape index (κ1) is 15.5. The number of para-hydroxylation sites is 1. The Bertz CT molecular complexity index is 412. The Morgan fingerprint density at radius 1 is 1.21 bits per heavy atom. The minimum absolute atomic E-state index is 0.312. The zero-order valence-electron chi connectivity index (χ0n) is 11.7. The highest BCUT2D eigenvalue weighted by atomic mass is 16.5. The Balaban J connectivity index is 3.08. The molecule has 1 aromatic rings. The van der Waals surface area contributed by atoms with Crippen molar-refractivity contribution in [3.63, 3.8) is 0 Å². The number of aromatic carboxylic acids is 1. The van der Waals surface area contributed by atoms with Gasteiger partial charge in [-0.3, -0.25) is 0 Å². The summed E-state index contributed by atoms with van der Waals surface area (Å²) < 4.78 is 10.2. The molecule has 1 aromatic carbocycles. The van der Waals surface area contributed by atoms with Crippen molar-refractivity contribution in [3.8, 4) is 0 Å². The first-order valence-corrected chi connectivity index (χ1v) is 6.17. The number of hydrogen-bond acceptors (Lipinski definition) is 4. The Labute approximate surface area is 113 Å². The molecule has 0 saturated heterocycles. The van der Waals surface area contributed by atoms with Crippen molar-refractivity contribution in [2.75, 3.05) is 45.4 Å². The average molecular weight is 267 g/mol. The number of benzene rings is 1. The van der Waals surface area contributed by atoms with E-state index in [1.807, 2.05) is 17.9 Å². The third kappa shape index (κ3) is 4.22. The second-order valence-corrected chi connectivity index (χ2v) is 4.25. The van der Waals surface area contributed by atoms with Crippen molar-refractivity contribution in [1.29, 1.82) is 0 Å². The quantitative estimate of drug-likeness (QED) is 0.778. The van der Waals surface area contributed by atoms with Crippen LogP contribution in [0, 0.1) is 6.92 Å². The molecule has 0 aliphatic carbocycles. The summed E-state index contributed by atoms with van der Waals surface area (Å²) in [5.74, 6) is -0.918. The molecule has 1 N–H and O–H groups in total. The fourth-order valence-corrected chi connectivity index (χ4v) is 1.99. The maximum Gasteiger partial charge on any atom is 0.337 e. The van der Waals surface area contributed by atoms with Gasteiger partial charge in [-0.05, 0) is 18.6 Å². The summed E-state index contributed by atoms with van der Waals surface area (Å²) in [6.45, 7) is 4.25. The molecular formula is C14H21NO4. The van der Waals surface area contributed by atoms with Gasteiger partial charge in [0.15, 0.2) is 0 Å². The van der Waals surface area contributed by atoms with Crippen LogP contribution in [0.3, 0.4) is 0 Å². The number of aryl methyl sites for hydroxylation is 1. The van der Waals surface area contributed by atoms with E-state index in [9.17, 15) is 9.90 Å². The van der Waals surface area contributed by atoms with Crippen molar-refractivity contribution >= 4 is 11.7 Å². The SMILES string of the molecule is COCCN(CCOC)c1c(C)cccc1C(=O)O. The molecular weight excluding hydrogens is 246 g/mol. The van der Waals surface area contributed by atoms with Crippen molar-refractivity contribution in [2.45, 2.75) is 6.92 Å². The molecule has 1 rings (SSSR count). The van der Waals surface area contributed by atoms with E-state index in [1.54, 1.807) is 26.4 Å². The van der Waals surface area contributed by atoms with E-state index in [2.05, 4.69) is 0 Å². The predicted octanol–water partition coefficient (Wildman–Crippen LogP) is 1.79. The topological polar surface area (TPSA) is 59.0 Å². The molecule has 0 spiro atoms. The van der Waals surface area contributed by atoms with Gasteiger partial charge in [-0.25, -0.2) is 4.79 Å².